The summed E-state index contributed by atoms with van der Waals surface area (Å²) >= 11 is 1.38. The van der Waals surface area contributed by atoms with Gasteiger partial charge < -0.3 is 14.5 Å². The first-order chi connectivity index (χ1) is 11.2. The van der Waals surface area contributed by atoms with Crippen molar-refractivity contribution in [3.8, 4) is 5.75 Å². The van der Waals surface area contributed by atoms with Crippen molar-refractivity contribution in [3.05, 3.63) is 35.5 Å². The Balaban J connectivity index is 1.34. The van der Waals surface area contributed by atoms with Crippen molar-refractivity contribution in [1.29, 1.82) is 0 Å². The lowest BCUT2D eigenvalue weighted by Crippen LogP contribution is -2.40. The van der Waals surface area contributed by atoms with Gasteiger partial charge in [0.2, 0.25) is 11.0 Å². The second-order valence-electron chi connectivity index (χ2n) is 5.62. The third-order valence-electron chi connectivity index (χ3n) is 3.96. The maximum atomic E-state index is 12.1. The number of benzene rings is 1. The molecule has 4 rings (SSSR count). The van der Waals surface area contributed by atoms with E-state index in [-0.39, 0.29) is 17.9 Å². The summed E-state index contributed by atoms with van der Waals surface area (Å²) in [7, 11) is 0. The number of hydrogen-bond donors (Lipinski definition) is 1. The predicted octanol–water partition coefficient (Wildman–Crippen LogP) is 3.39. The second kappa shape index (κ2) is 5.66. The van der Waals surface area contributed by atoms with Crippen LogP contribution in [0.3, 0.4) is 0 Å². The maximum Gasteiger partial charge on any atom is 0.229 e. The molecule has 0 atom stereocenters. The fraction of sp³-hybridized carbons (Fsp3) is 0.312. The SMILES string of the molecule is Cc1nnc(NC(=O)C2CC(Oc3cccc4ccoc34)C2)s1. The maximum absolute atomic E-state index is 12.1. The Hall–Kier alpha value is -2.41. The van der Waals surface area contributed by atoms with Gasteiger partial charge in [0.15, 0.2) is 11.3 Å². The van der Waals surface area contributed by atoms with E-state index in [1.54, 1.807) is 6.26 Å². The van der Waals surface area contributed by atoms with E-state index in [9.17, 15) is 4.79 Å². The van der Waals surface area contributed by atoms with E-state index < -0.39 is 0 Å². The first-order valence-corrected chi connectivity index (χ1v) is 8.24. The van der Waals surface area contributed by atoms with Crippen molar-refractivity contribution in [1.82, 2.24) is 10.2 Å². The fourth-order valence-corrected chi connectivity index (χ4v) is 3.26. The third-order valence-corrected chi connectivity index (χ3v) is 4.71. The van der Waals surface area contributed by atoms with Gasteiger partial charge in [0, 0.05) is 11.3 Å². The van der Waals surface area contributed by atoms with Crippen molar-refractivity contribution in [2.24, 2.45) is 5.92 Å². The third kappa shape index (κ3) is 2.79. The van der Waals surface area contributed by atoms with Gasteiger partial charge >= 0.3 is 0 Å². The molecule has 23 heavy (non-hydrogen) atoms. The summed E-state index contributed by atoms with van der Waals surface area (Å²) in [5.41, 5.74) is 0.754. The molecule has 118 valence electrons. The van der Waals surface area contributed by atoms with Crippen LogP contribution in [0.4, 0.5) is 5.13 Å². The molecule has 1 N–H and O–H groups in total. The van der Waals surface area contributed by atoms with Crippen LogP contribution in [-0.4, -0.2) is 22.2 Å². The zero-order valence-electron chi connectivity index (χ0n) is 12.5. The van der Waals surface area contributed by atoms with Gasteiger partial charge in [-0.1, -0.05) is 23.5 Å². The van der Waals surface area contributed by atoms with Crippen LogP contribution in [0.15, 0.2) is 34.9 Å². The van der Waals surface area contributed by atoms with Crippen molar-refractivity contribution < 1.29 is 13.9 Å². The van der Waals surface area contributed by atoms with Gasteiger partial charge in [0.1, 0.15) is 11.1 Å². The molecule has 3 aromatic rings. The highest BCUT2D eigenvalue weighted by Gasteiger charge is 2.36. The number of para-hydroxylation sites is 1. The van der Waals surface area contributed by atoms with E-state index in [1.165, 1.54) is 11.3 Å². The van der Waals surface area contributed by atoms with Gasteiger partial charge in [-0.3, -0.25) is 4.79 Å². The zero-order valence-corrected chi connectivity index (χ0v) is 13.3. The molecule has 0 bridgehead atoms. The number of aryl methyl sites for hydroxylation is 1. The van der Waals surface area contributed by atoms with E-state index in [2.05, 4.69) is 15.5 Å². The van der Waals surface area contributed by atoms with Gasteiger partial charge in [0.05, 0.1) is 6.26 Å². The quantitative estimate of drug-likeness (QED) is 0.794. The number of carbonyl (C=O) groups is 1. The Morgan fingerprint density at radius 3 is 3.00 bits per heavy atom. The van der Waals surface area contributed by atoms with E-state index >= 15 is 0 Å². The average molecular weight is 329 g/mol. The molecule has 0 saturated heterocycles. The van der Waals surface area contributed by atoms with E-state index in [1.807, 2.05) is 31.2 Å². The highest BCUT2D eigenvalue weighted by molar-refractivity contribution is 7.15. The summed E-state index contributed by atoms with van der Waals surface area (Å²) in [6.45, 7) is 1.86. The molecule has 2 heterocycles. The molecule has 1 aliphatic carbocycles. The number of carbonyl (C=O) groups excluding carboxylic acids is 1. The Kier molecular flexibility index (Phi) is 3.49. The summed E-state index contributed by atoms with van der Waals surface area (Å²) in [5, 5.41) is 13.0. The molecular formula is C16H15N3O3S. The van der Waals surface area contributed by atoms with Gasteiger partial charge in [-0.15, -0.1) is 10.2 Å². The van der Waals surface area contributed by atoms with Crippen LogP contribution in [0.2, 0.25) is 0 Å². The number of nitrogens with one attached hydrogen (secondary N) is 1. The number of hydrogen-bond acceptors (Lipinski definition) is 6. The predicted molar refractivity (Wildman–Crippen MR) is 86.6 cm³/mol. The molecule has 6 nitrogen and oxygen atoms in total. The number of nitrogens with zero attached hydrogens (tertiary/aromatic N) is 2. The average Bonchev–Trinajstić information content (AvgIpc) is 3.11. The van der Waals surface area contributed by atoms with Crippen molar-refractivity contribution in [2.75, 3.05) is 5.32 Å². The van der Waals surface area contributed by atoms with E-state index in [4.69, 9.17) is 9.15 Å². The molecule has 1 aliphatic rings. The normalized spacial score (nSPS) is 20.2. The Morgan fingerprint density at radius 2 is 2.22 bits per heavy atom. The number of ether oxygens (including phenoxy) is 1. The molecule has 0 spiro atoms. The smallest absolute Gasteiger partial charge is 0.229 e. The largest absolute Gasteiger partial charge is 0.486 e. The Bertz CT molecular complexity index is 851. The standard InChI is InChI=1S/C16H15N3O3S/c1-9-18-19-16(23-9)17-15(20)11-7-12(8-11)22-13-4-2-3-10-5-6-21-14(10)13/h2-6,11-12H,7-8H2,1H3,(H,17,19,20). The second-order valence-corrected chi connectivity index (χ2v) is 6.80. The molecule has 1 saturated carbocycles. The monoisotopic (exact) mass is 329 g/mol. The zero-order chi connectivity index (χ0) is 15.8. The molecular weight excluding hydrogens is 314 g/mol. The van der Waals surface area contributed by atoms with E-state index in [0.717, 1.165) is 21.7 Å². The number of furan rings is 1. The molecule has 1 fully saturated rings. The first kappa shape index (κ1) is 14.2. The Morgan fingerprint density at radius 1 is 1.35 bits per heavy atom. The van der Waals surface area contributed by atoms with Crippen molar-refractivity contribution in [2.45, 2.75) is 25.9 Å². The van der Waals surface area contributed by atoms with Crippen molar-refractivity contribution >= 4 is 33.3 Å². The molecule has 2 aromatic heterocycles. The summed E-state index contributed by atoms with van der Waals surface area (Å²) in [6.07, 6.45) is 3.08. The van der Waals surface area contributed by atoms with Gasteiger partial charge in [-0.25, -0.2) is 0 Å². The highest BCUT2D eigenvalue weighted by atomic mass is 32.1. The van der Waals surface area contributed by atoms with Crippen LogP contribution < -0.4 is 10.1 Å². The van der Waals surface area contributed by atoms with Gasteiger partial charge in [-0.2, -0.15) is 0 Å². The summed E-state index contributed by atoms with van der Waals surface area (Å²) in [4.78, 5) is 12.1. The highest BCUT2D eigenvalue weighted by Crippen LogP contribution is 2.35. The van der Waals surface area contributed by atoms with Crippen LogP contribution >= 0.6 is 11.3 Å². The molecule has 0 radical (unpaired) electrons. The summed E-state index contributed by atoms with van der Waals surface area (Å²) in [6, 6.07) is 7.72. The topological polar surface area (TPSA) is 77.2 Å². The van der Waals surface area contributed by atoms with Crippen LogP contribution in [0.5, 0.6) is 5.75 Å². The number of anilines is 1. The molecule has 1 amide bonds. The number of aromatic nitrogens is 2. The van der Waals surface area contributed by atoms with Crippen LogP contribution in [0.1, 0.15) is 17.8 Å². The minimum atomic E-state index is -0.0417. The number of rotatable bonds is 4. The van der Waals surface area contributed by atoms with Crippen LogP contribution in [0.25, 0.3) is 11.0 Å². The molecule has 7 heteroatoms. The number of amides is 1. The lowest BCUT2D eigenvalue weighted by molar-refractivity contribution is -0.125. The van der Waals surface area contributed by atoms with Gasteiger partial charge in [-0.05, 0) is 31.9 Å². The summed E-state index contributed by atoms with van der Waals surface area (Å²) in [5.74, 6) is 0.674. The minimum Gasteiger partial charge on any atom is -0.486 e. The summed E-state index contributed by atoms with van der Waals surface area (Å²) < 4.78 is 11.4. The lowest BCUT2D eigenvalue weighted by atomic mass is 9.81. The first-order valence-electron chi connectivity index (χ1n) is 7.43. The van der Waals surface area contributed by atoms with Crippen LogP contribution in [0, 0.1) is 12.8 Å². The van der Waals surface area contributed by atoms with Gasteiger partial charge in [0.25, 0.3) is 0 Å². The molecule has 0 unspecified atom stereocenters. The molecule has 0 aliphatic heterocycles. The van der Waals surface area contributed by atoms with Crippen molar-refractivity contribution in [3.63, 3.8) is 0 Å². The van der Waals surface area contributed by atoms with Crippen LogP contribution in [-0.2, 0) is 4.79 Å². The minimum absolute atomic E-state index is 0.0165. The fourth-order valence-electron chi connectivity index (χ4n) is 2.67. The Labute approximate surface area is 136 Å². The van der Waals surface area contributed by atoms with E-state index in [0.29, 0.717) is 18.0 Å². The molecule has 1 aromatic carbocycles. The lowest BCUT2D eigenvalue weighted by Gasteiger charge is -2.33. The number of fused-ring (bicyclic) bond motifs is 1.